The highest BCUT2D eigenvalue weighted by Crippen LogP contribution is 2.43. The van der Waals surface area contributed by atoms with Crippen molar-refractivity contribution in [2.45, 2.75) is 128 Å². The molecular weight excluding hydrogens is 757 g/mol. The molecule has 0 saturated carbocycles. The molecule has 0 bridgehead atoms. The number of aliphatic hydroxyl groups is 1. The Morgan fingerprint density at radius 3 is 2.32 bits per heavy atom. The van der Waals surface area contributed by atoms with Crippen molar-refractivity contribution >= 4 is 35.8 Å². The van der Waals surface area contributed by atoms with Crippen molar-refractivity contribution in [3.8, 4) is 0 Å². The largest absolute Gasteiger partial charge is 0.462 e. The Morgan fingerprint density at radius 1 is 0.966 bits per heavy atom. The number of rotatable bonds is 20. The lowest BCUT2D eigenvalue weighted by Crippen LogP contribution is -2.51. The molecule has 0 aromatic heterocycles. The topological polar surface area (TPSA) is 167 Å². The molecule has 1 aliphatic carbocycles. The van der Waals surface area contributed by atoms with Gasteiger partial charge in [0, 0.05) is 56.3 Å². The summed E-state index contributed by atoms with van der Waals surface area (Å²) in [5.41, 5.74) is 1.24. The Kier molecular flexibility index (Phi) is 16.0. The minimum Gasteiger partial charge on any atom is -0.462 e. The number of carbonyl (C=O) groups is 5. The molecular formula is C46H60N2O11. The molecule has 2 N–H and O–H groups in total. The molecule has 59 heavy (non-hydrogen) atoms. The number of cyclic esters (lactones) is 1. The predicted molar refractivity (Wildman–Crippen MR) is 220 cm³/mol. The molecule has 5 rings (SSSR count). The molecule has 3 aliphatic rings. The van der Waals surface area contributed by atoms with Gasteiger partial charge in [0.2, 0.25) is 17.9 Å². The summed E-state index contributed by atoms with van der Waals surface area (Å²) in [6, 6.07) is 15.0. The van der Waals surface area contributed by atoms with Crippen LogP contribution in [0.5, 0.6) is 0 Å². The van der Waals surface area contributed by atoms with Gasteiger partial charge < -0.3 is 39.0 Å². The van der Waals surface area contributed by atoms with Gasteiger partial charge in [0.15, 0.2) is 5.79 Å². The van der Waals surface area contributed by atoms with Gasteiger partial charge in [0.05, 0.1) is 12.2 Å². The third-order valence-electron chi connectivity index (χ3n) is 11.1. The molecule has 5 atom stereocenters. The van der Waals surface area contributed by atoms with Gasteiger partial charge in [-0.3, -0.25) is 9.59 Å². The van der Waals surface area contributed by atoms with Crippen molar-refractivity contribution in [1.82, 2.24) is 10.2 Å². The number of fused-ring (bicyclic) bond motifs is 1. The second-order valence-corrected chi connectivity index (χ2v) is 16.3. The highest BCUT2D eigenvalue weighted by atomic mass is 16.8. The maximum absolute atomic E-state index is 14.4. The van der Waals surface area contributed by atoms with Gasteiger partial charge in [-0.25, -0.2) is 14.4 Å². The number of esters is 3. The van der Waals surface area contributed by atoms with Crippen molar-refractivity contribution in [3.05, 3.63) is 89.0 Å². The number of carbonyl (C=O) groups excluding carboxylic acids is 5. The number of hydrogen-bond acceptors (Lipinski definition) is 11. The van der Waals surface area contributed by atoms with E-state index in [-0.39, 0.29) is 38.2 Å². The third kappa shape index (κ3) is 11.9. The van der Waals surface area contributed by atoms with Gasteiger partial charge in [-0.15, -0.1) is 0 Å². The first-order valence-corrected chi connectivity index (χ1v) is 20.9. The Hall–Kier alpha value is -4.85. The van der Waals surface area contributed by atoms with Crippen LogP contribution in [0.15, 0.2) is 72.3 Å². The molecule has 0 unspecified atom stereocenters. The highest BCUT2D eigenvalue weighted by Gasteiger charge is 2.53. The standard InChI is InChI=1S/C46H60N2O11/c1-6-8-13-22-46(23-14-9-7-2)58-37-29-34(42(52)48(5)35(41(51)47-24-25-49)27-31-16-11-10-12-17-31)28-36(39(37)59-46)56-43(53)33-19-15-18-32(26-33)20-21-38(50)57-40-44(54)55-30-45(40,3)4/h10-12,15-21,26,29,35-37,39-40,49H,6-9,13-14,22-25,27-28,30H2,1-5H3,(H,47,51)/t35-,36-,37-,39+,40+/m1/s1. The second-order valence-electron chi connectivity index (χ2n) is 16.3. The molecule has 2 aromatic rings. The number of unbranched alkanes of at least 4 members (excludes halogenated alkanes) is 4. The third-order valence-corrected chi connectivity index (χ3v) is 11.1. The number of benzene rings is 2. The van der Waals surface area contributed by atoms with E-state index < -0.39 is 71.4 Å². The van der Waals surface area contributed by atoms with Crippen LogP contribution in [0.3, 0.4) is 0 Å². The van der Waals surface area contributed by atoms with E-state index in [0.717, 1.165) is 44.1 Å². The lowest BCUT2D eigenvalue weighted by Gasteiger charge is -2.33. The number of amides is 2. The molecule has 2 fully saturated rings. The van der Waals surface area contributed by atoms with E-state index in [9.17, 15) is 29.1 Å². The minimum absolute atomic E-state index is 0.0150. The van der Waals surface area contributed by atoms with E-state index >= 15 is 0 Å². The molecule has 2 saturated heterocycles. The fourth-order valence-electron chi connectivity index (χ4n) is 7.73. The molecule has 0 spiro atoms. The van der Waals surface area contributed by atoms with Gasteiger partial charge in [0.25, 0.3) is 0 Å². The number of nitrogens with one attached hydrogen (secondary N) is 1. The quantitative estimate of drug-likeness (QED) is 0.0711. The highest BCUT2D eigenvalue weighted by molar-refractivity contribution is 5.97. The van der Waals surface area contributed by atoms with Gasteiger partial charge in [-0.2, -0.15) is 0 Å². The number of aliphatic hydroxyl groups excluding tert-OH is 1. The molecule has 2 amide bonds. The summed E-state index contributed by atoms with van der Waals surface area (Å²) >= 11 is 0. The van der Waals surface area contributed by atoms with Crippen molar-refractivity contribution in [2.24, 2.45) is 5.41 Å². The van der Waals surface area contributed by atoms with Crippen LogP contribution in [0.1, 0.15) is 107 Å². The van der Waals surface area contributed by atoms with E-state index in [1.54, 1.807) is 51.2 Å². The fourth-order valence-corrected chi connectivity index (χ4v) is 7.73. The summed E-state index contributed by atoms with van der Waals surface area (Å²) in [5.74, 6) is -3.73. The Bertz CT molecular complexity index is 1830. The summed E-state index contributed by atoms with van der Waals surface area (Å²) < 4.78 is 30.3. The fraction of sp³-hybridized carbons (Fsp3) is 0.543. The molecule has 2 aromatic carbocycles. The summed E-state index contributed by atoms with van der Waals surface area (Å²) in [6.07, 6.45) is 8.43. The van der Waals surface area contributed by atoms with Gasteiger partial charge in [-0.1, -0.05) is 95.8 Å². The van der Waals surface area contributed by atoms with Crippen LogP contribution in [0, 0.1) is 5.41 Å². The first-order valence-electron chi connectivity index (χ1n) is 20.9. The summed E-state index contributed by atoms with van der Waals surface area (Å²) in [4.78, 5) is 68.0. The number of nitrogens with zero attached hydrogens (tertiary/aromatic N) is 1. The van der Waals surface area contributed by atoms with E-state index in [1.165, 1.54) is 17.1 Å². The van der Waals surface area contributed by atoms with Crippen LogP contribution >= 0.6 is 0 Å². The Labute approximate surface area is 347 Å². The molecule has 2 heterocycles. The molecule has 13 heteroatoms. The number of ether oxygens (including phenoxy) is 5. The van der Waals surface area contributed by atoms with Crippen molar-refractivity contribution in [3.63, 3.8) is 0 Å². The zero-order chi connectivity index (χ0) is 42.6. The smallest absolute Gasteiger partial charge is 0.348 e. The molecule has 320 valence electrons. The average molecular weight is 817 g/mol. The zero-order valence-corrected chi connectivity index (χ0v) is 35.0. The van der Waals surface area contributed by atoms with Crippen LogP contribution in [-0.2, 0) is 49.3 Å². The van der Waals surface area contributed by atoms with Gasteiger partial charge in [0.1, 0.15) is 31.0 Å². The lowest BCUT2D eigenvalue weighted by molar-refractivity contribution is -0.190. The van der Waals surface area contributed by atoms with E-state index in [4.69, 9.17) is 23.7 Å². The van der Waals surface area contributed by atoms with E-state index in [1.807, 2.05) is 30.3 Å². The molecule has 0 radical (unpaired) electrons. The minimum atomic E-state index is -1.03. The average Bonchev–Trinajstić information content (AvgIpc) is 3.73. The summed E-state index contributed by atoms with van der Waals surface area (Å²) in [7, 11) is 1.57. The van der Waals surface area contributed by atoms with Crippen LogP contribution in [0.25, 0.3) is 6.08 Å². The van der Waals surface area contributed by atoms with Crippen LogP contribution in [0.4, 0.5) is 0 Å². The maximum atomic E-state index is 14.4. The van der Waals surface area contributed by atoms with Crippen molar-refractivity contribution < 1.29 is 52.8 Å². The first kappa shape index (κ1) is 45.2. The Balaban J connectivity index is 1.39. The van der Waals surface area contributed by atoms with Crippen molar-refractivity contribution in [2.75, 3.05) is 26.8 Å². The predicted octanol–water partition coefficient (Wildman–Crippen LogP) is 5.87. The number of hydrogen-bond donors (Lipinski definition) is 2. The Morgan fingerprint density at radius 2 is 1.68 bits per heavy atom. The second kappa shape index (κ2) is 20.9. The maximum Gasteiger partial charge on any atom is 0.348 e. The van der Waals surface area contributed by atoms with Gasteiger partial charge in [-0.05, 0) is 48.3 Å². The van der Waals surface area contributed by atoms with E-state index in [0.29, 0.717) is 24.0 Å². The zero-order valence-electron chi connectivity index (χ0n) is 35.0. The SMILES string of the molecule is CCCCCC1(CCCCC)O[C@@H]2[C@@H](C=C(C(=O)N(C)[C@H](Cc3ccccc3)C(=O)NCCO)C[C@H]2OC(=O)c2cccc(C=CC(=O)O[C@H]3C(=O)OCC3(C)C)c2)O1. The summed E-state index contributed by atoms with van der Waals surface area (Å²) in [5, 5.41) is 12.1. The molecule has 2 aliphatic heterocycles. The van der Waals surface area contributed by atoms with Crippen LogP contribution < -0.4 is 5.32 Å². The molecule has 13 nitrogen and oxygen atoms in total. The van der Waals surface area contributed by atoms with Crippen LogP contribution in [-0.4, -0.2) is 103 Å². The lowest BCUT2D eigenvalue weighted by atomic mass is 9.90. The first-order chi connectivity index (χ1) is 28.3. The van der Waals surface area contributed by atoms with Gasteiger partial charge >= 0.3 is 17.9 Å². The number of likely N-dealkylation sites (N-methyl/N-ethyl adjacent to an activating group) is 1. The van der Waals surface area contributed by atoms with Crippen LogP contribution in [0.2, 0.25) is 0 Å². The van der Waals surface area contributed by atoms with E-state index in [2.05, 4.69) is 19.2 Å². The van der Waals surface area contributed by atoms with Crippen molar-refractivity contribution in [1.29, 1.82) is 0 Å². The summed E-state index contributed by atoms with van der Waals surface area (Å²) in [6.45, 7) is 7.76. The monoisotopic (exact) mass is 816 g/mol. The normalized spacial score (nSPS) is 22.2.